The fraction of sp³-hybridized carbons (Fsp3) is 0.333. The second kappa shape index (κ2) is 5.94. The highest BCUT2D eigenvalue weighted by Crippen LogP contribution is 2.24. The highest BCUT2D eigenvalue weighted by Gasteiger charge is 2.21. The van der Waals surface area contributed by atoms with E-state index in [-0.39, 0.29) is 6.04 Å². The molecule has 3 rings (SSSR count). The Labute approximate surface area is 124 Å². The quantitative estimate of drug-likeness (QED) is 0.893. The summed E-state index contributed by atoms with van der Waals surface area (Å²) in [7, 11) is 0. The molecule has 0 fully saturated rings. The number of nitrogens with one attached hydrogen (secondary N) is 1. The van der Waals surface area contributed by atoms with E-state index in [2.05, 4.69) is 29.6 Å². The van der Waals surface area contributed by atoms with Gasteiger partial charge in [-0.25, -0.2) is 8.78 Å². The molecule has 0 bridgehead atoms. The molecular weight excluding hydrogens is 268 g/mol. The van der Waals surface area contributed by atoms with E-state index in [0.29, 0.717) is 11.6 Å². The van der Waals surface area contributed by atoms with Gasteiger partial charge in [0.05, 0.1) is 0 Å². The summed E-state index contributed by atoms with van der Waals surface area (Å²) in [6.07, 6.45) is 3.06. The number of hydrogen-bond acceptors (Lipinski definition) is 1. The van der Waals surface area contributed by atoms with Crippen LogP contribution in [0.25, 0.3) is 0 Å². The van der Waals surface area contributed by atoms with Gasteiger partial charge in [0.1, 0.15) is 11.6 Å². The minimum Gasteiger partial charge on any atom is -0.307 e. The molecule has 21 heavy (non-hydrogen) atoms. The van der Waals surface area contributed by atoms with Gasteiger partial charge in [0.25, 0.3) is 0 Å². The third-order valence-electron chi connectivity index (χ3n) is 4.26. The van der Waals surface area contributed by atoms with Crippen LogP contribution in [-0.4, -0.2) is 6.04 Å². The zero-order valence-corrected chi connectivity index (χ0v) is 12.1. The molecule has 0 heterocycles. The molecule has 1 N–H and O–H groups in total. The van der Waals surface area contributed by atoms with E-state index >= 15 is 0 Å². The van der Waals surface area contributed by atoms with E-state index < -0.39 is 11.6 Å². The molecule has 2 atom stereocenters. The van der Waals surface area contributed by atoms with Crippen molar-refractivity contribution in [1.29, 1.82) is 0 Å². The molecule has 3 heteroatoms. The summed E-state index contributed by atoms with van der Waals surface area (Å²) in [5, 5.41) is 3.47. The maximum absolute atomic E-state index is 13.8. The van der Waals surface area contributed by atoms with Gasteiger partial charge in [-0.3, -0.25) is 0 Å². The molecule has 1 aliphatic rings. The zero-order valence-electron chi connectivity index (χ0n) is 12.1. The molecule has 0 saturated heterocycles. The van der Waals surface area contributed by atoms with Crippen molar-refractivity contribution >= 4 is 0 Å². The minimum atomic E-state index is -0.532. The second-order valence-corrected chi connectivity index (χ2v) is 5.76. The fourth-order valence-corrected chi connectivity index (χ4v) is 3.14. The number of aryl methyl sites for hydroxylation is 1. The first-order valence-electron chi connectivity index (χ1n) is 7.41. The van der Waals surface area contributed by atoms with E-state index in [1.54, 1.807) is 0 Å². The van der Waals surface area contributed by atoms with Gasteiger partial charge in [0.15, 0.2) is 0 Å². The molecule has 0 saturated carbocycles. The molecule has 0 radical (unpaired) electrons. The summed E-state index contributed by atoms with van der Waals surface area (Å²) < 4.78 is 26.8. The van der Waals surface area contributed by atoms with Crippen LogP contribution in [0.15, 0.2) is 42.5 Å². The van der Waals surface area contributed by atoms with Crippen molar-refractivity contribution in [1.82, 2.24) is 5.32 Å². The lowest BCUT2D eigenvalue weighted by Crippen LogP contribution is -2.36. The van der Waals surface area contributed by atoms with Crippen molar-refractivity contribution in [3.05, 3.63) is 70.8 Å². The van der Waals surface area contributed by atoms with E-state index in [4.69, 9.17) is 0 Å². The Hall–Kier alpha value is -1.74. The summed E-state index contributed by atoms with van der Waals surface area (Å²) in [6, 6.07) is 12.5. The lowest BCUT2D eigenvalue weighted by Gasteiger charge is -2.28. The van der Waals surface area contributed by atoms with Crippen LogP contribution in [0.1, 0.15) is 36.1 Å². The Kier molecular flexibility index (Phi) is 4.02. The normalized spacial score (nSPS) is 19.1. The van der Waals surface area contributed by atoms with Gasteiger partial charge in [-0.05, 0) is 43.4 Å². The van der Waals surface area contributed by atoms with Gasteiger partial charge in [-0.1, -0.05) is 30.3 Å². The molecule has 2 aromatic carbocycles. The second-order valence-electron chi connectivity index (χ2n) is 5.76. The fourth-order valence-electron chi connectivity index (χ4n) is 3.14. The summed E-state index contributed by atoms with van der Waals surface area (Å²) in [6.45, 7) is 1.93. The summed E-state index contributed by atoms with van der Waals surface area (Å²) >= 11 is 0. The monoisotopic (exact) mass is 287 g/mol. The predicted molar refractivity (Wildman–Crippen MR) is 80.2 cm³/mol. The average Bonchev–Trinajstić information content (AvgIpc) is 2.47. The number of rotatable bonds is 3. The maximum atomic E-state index is 13.8. The standard InChI is InChI=1S/C18H19F2N/c1-12(17-9-7-15(19)11-18(17)20)21-16-8-6-13-4-2-3-5-14(13)10-16/h2-5,7,9,11-12,16,21H,6,8,10H2,1H3. The zero-order chi connectivity index (χ0) is 14.8. The largest absolute Gasteiger partial charge is 0.307 e. The molecule has 110 valence electrons. The molecule has 0 aromatic heterocycles. The van der Waals surface area contributed by atoms with Crippen LogP contribution in [0, 0.1) is 11.6 Å². The van der Waals surface area contributed by atoms with Crippen LogP contribution in [0.4, 0.5) is 8.78 Å². The molecule has 0 amide bonds. The van der Waals surface area contributed by atoms with Crippen molar-refractivity contribution in [3.63, 3.8) is 0 Å². The van der Waals surface area contributed by atoms with Crippen LogP contribution < -0.4 is 5.32 Å². The molecule has 0 spiro atoms. The minimum absolute atomic E-state index is 0.124. The van der Waals surface area contributed by atoms with Crippen LogP contribution in [-0.2, 0) is 12.8 Å². The first-order valence-corrected chi connectivity index (χ1v) is 7.41. The smallest absolute Gasteiger partial charge is 0.130 e. The van der Waals surface area contributed by atoms with Gasteiger partial charge in [-0.15, -0.1) is 0 Å². The highest BCUT2D eigenvalue weighted by atomic mass is 19.1. The molecular formula is C18H19F2N. The molecule has 1 aliphatic carbocycles. The maximum Gasteiger partial charge on any atom is 0.130 e. The lowest BCUT2D eigenvalue weighted by atomic mass is 9.88. The number of hydrogen-bond donors (Lipinski definition) is 1. The van der Waals surface area contributed by atoms with Crippen molar-refractivity contribution in [2.75, 3.05) is 0 Å². The van der Waals surface area contributed by atoms with Gasteiger partial charge in [0, 0.05) is 23.7 Å². The third-order valence-corrected chi connectivity index (χ3v) is 4.26. The van der Waals surface area contributed by atoms with Crippen LogP contribution in [0.5, 0.6) is 0 Å². The van der Waals surface area contributed by atoms with E-state index in [0.717, 1.165) is 25.3 Å². The van der Waals surface area contributed by atoms with Crippen LogP contribution >= 0.6 is 0 Å². The van der Waals surface area contributed by atoms with Gasteiger partial charge in [0.2, 0.25) is 0 Å². The SMILES string of the molecule is CC(NC1CCc2ccccc2C1)c1ccc(F)cc1F. The Balaban J connectivity index is 1.70. The average molecular weight is 287 g/mol. The molecule has 0 aliphatic heterocycles. The Morgan fingerprint density at radius 3 is 2.62 bits per heavy atom. The van der Waals surface area contributed by atoms with Gasteiger partial charge >= 0.3 is 0 Å². The third kappa shape index (κ3) is 3.13. The Morgan fingerprint density at radius 1 is 1.10 bits per heavy atom. The number of fused-ring (bicyclic) bond motifs is 1. The number of benzene rings is 2. The van der Waals surface area contributed by atoms with Crippen LogP contribution in [0.3, 0.4) is 0 Å². The summed E-state index contributed by atoms with van der Waals surface area (Å²) in [4.78, 5) is 0. The lowest BCUT2D eigenvalue weighted by molar-refractivity contribution is 0.405. The van der Waals surface area contributed by atoms with Crippen molar-refractivity contribution in [3.8, 4) is 0 Å². The predicted octanol–water partition coefficient (Wildman–Crippen LogP) is 4.17. The first-order chi connectivity index (χ1) is 10.1. The highest BCUT2D eigenvalue weighted by molar-refractivity contribution is 5.30. The number of halogens is 2. The molecule has 1 nitrogen and oxygen atoms in total. The van der Waals surface area contributed by atoms with Crippen molar-refractivity contribution in [2.24, 2.45) is 0 Å². The van der Waals surface area contributed by atoms with Gasteiger partial charge in [-0.2, -0.15) is 0 Å². The molecule has 2 unspecified atom stereocenters. The summed E-state index contributed by atoms with van der Waals surface area (Å²) in [5.41, 5.74) is 3.31. The van der Waals surface area contributed by atoms with E-state index in [1.807, 2.05) is 6.92 Å². The van der Waals surface area contributed by atoms with Crippen molar-refractivity contribution < 1.29 is 8.78 Å². The topological polar surface area (TPSA) is 12.0 Å². The molecule has 2 aromatic rings. The van der Waals surface area contributed by atoms with Crippen LogP contribution in [0.2, 0.25) is 0 Å². The van der Waals surface area contributed by atoms with E-state index in [1.165, 1.54) is 23.3 Å². The van der Waals surface area contributed by atoms with Gasteiger partial charge < -0.3 is 5.32 Å². The van der Waals surface area contributed by atoms with E-state index in [9.17, 15) is 8.78 Å². The first kappa shape index (κ1) is 14.2. The Bertz CT molecular complexity index is 639. The summed E-state index contributed by atoms with van der Waals surface area (Å²) in [5.74, 6) is -1.01. The van der Waals surface area contributed by atoms with Crippen molar-refractivity contribution in [2.45, 2.75) is 38.3 Å². The Morgan fingerprint density at radius 2 is 1.86 bits per heavy atom.